The number of thiophene rings is 1. The standard InChI is InChI=1S/C26H23Cl2FN4O2S/c1-15(2)33(23(35)13-16-8-9-18(27)19(28)12-16)14-22(34)30-26-24(17-6-4-3-5-7-17)31-25(32-26)20-10-11-21(29)36-20/h3-12,15H,13-14H2,1-2H3,(H,30,34)(H,31,32). The highest BCUT2D eigenvalue weighted by Gasteiger charge is 2.23. The molecule has 186 valence electrons. The molecule has 10 heteroatoms. The number of imidazole rings is 1. The van der Waals surface area contributed by atoms with Gasteiger partial charge in [0, 0.05) is 11.6 Å². The highest BCUT2D eigenvalue weighted by Crippen LogP contribution is 2.32. The first kappa shape index (κ1) is 25.9. The molecule has 2 aromatic carbocycles. The Morgan fingerprint density at radius 2 is 1.83 bits per heavy atom. The second kappa shape index (κ2) is 11.2. The van der Waals surface area contributed by atoms with E-state index < -0.39 is 5.91 Å². The zero-order valence-electron chi connectivity index (χ0n) is 19.5. The summed E-state index contributed by atoms with van der Waals surface area (Å²) in [6.07, 6.45) is 0.0775. The van der Waals surface area contributed by atoms with E-state index in [1.807, 2.05) is 44.2 Å². The summed E-state index contributed by atoms with van der Waals surface area (Å²) >= 11 is 13.0. The fourth-order valence-electron chi connectivity index (χ4n) is 3.65. The van der Waals surface area contributed by atoms with Gasteiger partial charge in [-0.2, -0.15) is 4.39 Å². The second-order valence-electron chi connectivity index (χ2n) is 8.37. The van der Waals surface area contributed by atoms with E-state index in [-0.39, 0.29) is 30.0 Å². The van der Waals surface area contributed by atoms with Crippen LogP contribution in [-0.2, 0) is 16.0 Å². The number of carbonyl (C=O) groups excluding carboxylic acids is 2. The zero-order valence-corrected chi connectivity index (χ0v) is 21.8. The second-order valence-corrected chi connectivity index (χ2v) is 10.2. The van der Waals surface area contributed by atoms with Crippen molar-refractivity contribution in [2.45, 2.75) is 26.3 Å². The number of carbonyl (C=O) groups is 2. The minimum atomic E-state index is -0.404. The van der Waals surface area contributed by atoms with Crippen LogP contribution in [0.3, 0.4) is 0 Å². The molecule has 2 amide bonds. The molecule has 0 saturated carbocycles. The molecule has 0 fully saturated rings. The van der Waals surface area contributed by atoms with Crippen molar-refractivity contribution in [2.24, 2.45) is 0 Å². The first-order chi connectivity index (χ1) is 17.2. The maximum absolute atomic E-state index is 13.6. The van der Waals surface area contributed by atoms with Crippen LogP contribution >= 0.6 is 34.5 Å². The van der Waals surface area contributed by atoms with E-state index >= 15 is 0 Å². The van der Waals surface area contributed by atoms with Crippen LogP contribution in [0.2, 0.25) is 10.0 Å². The summed E-state index contributed by atoms with van der Waals surface area (Å²) in [6.45, 7) is 3.52. The molecular weight excluding hydrogens is 522 g/mol. The van der Waals surface area contributed by atoms with Gasteiger partial charge in [0.05, 0.1) is 27.0 Å². The predicted octanol–water partition coefficient (Wildman–Crippen LogP) is 6.67. The third-order valence-electron chi connectivity index (χ3n) is 5.43. The molecule has 6 nitrogen and oxygen atoms in total. The summed E-state index contributed by atoms with van der Waals surface area (Å²) in [7, 11) is 0. The first-order valence-corrected chi connectivity index (χ1v) is 12.7. The molecule has 4 rings (SSSR count). The number of anilines is 1. The number of nitrogens with one attached hydrogen (secondary N) is 2. The molecule has 2 heterocycles. The summed E-state index contributed by atoms with van der Waals surface area (Å²) in [5.41, 5.74) is 2.10. The van der Waals surface area contributed by atoms with E-state index in [2.05, 4.69) is 15.3 Å². The molecule has 2 aromatic heterocycles. The fraction of sp³-hybridized carbons (Fsp3) is 0.192. The Morgan fingerprint density at radius 1 is 1.08 bits per heavy atom. The number of aromatic nitrogens is 2. The molecule has 4 aromatic rings. The van der Waals surface area contributed by atoms with Gasteiger partial charge >= 0.3 is 0 Å². The smallest absolute Gasteiger partial charge is 0.245 e. The Bertz CT molecular complexity index is 1390. The summed E-state index contributed by atoms with van der Waals surface area (Å²) < 4.78 is 13.6. The Morgan fingerprint density at radius 3 is 2.47 bits per heavy atom. The van der Waals surface area contributed by atoms with Gasteiger partial charge in [-0.05, 0) is 43.7 Å². The molecule has 0 unspecified atom stereocenters. The topological polar surface area (TPSA) is 78.1 Å². The first-order valence-electron chi connectivity index (χ1n) is 11.2. The number of hydrogen-bond acceptors (Lipinski definition) is 4. The van der Waals surface area contributed by atoms with Crippen molar-refractivity contribution in [3.8, 4) is 22.0 Å². The number of amides is 2. The molecule has 36 heavy (non-hydrogen) atoms. The van der Waals surface area contributed by atoms with E-state index in [0.717, 1.165) is 16.9 Å². The fourth-order valence-corrected chi connectivity index (χ4v) is 4.64. The van der Waals surface area contributed by atoms with Gasteiger partial charge in [-0.1, -0.05) is 59.6 Å². The Balaban J connectivity index is 1.54. The number of H-pyrrole nitrogens is 1. The Hall–Kier alpha value is -3.20. The molecule has 0 saturated heterocycles. The molecule has 0 aliphatic rings. The lowest BCUT2D eigenvalue weighted by Crippen LogP contribution is -2.43. The van der Waals surface area contributed by atoms with Crippen LogP contribution in [-0.4, -0.2) is 39.3 Å². The summed E-state index contributed by atoms with van der Waals surface area (Å²) in [5, 5.41) is 3.26. The monoisotopic (exact) mass is 544 g/mol. The van der Waals surface area contributed by atoms with Crippen LogP contribution in [0.4, 0.5) is 10.2 Å². The van der Waals surface area contributed by atoms with Crippen LogP contribution < -0.4 is 5.32 Å². The minimum Gasteiger partial charge on any atom is -0.335 e. The van der Waals surface area contributed by atoms with Gasteiger partial charge in [0.25, 0.3) is 0 Å². The molecule has 0 bridgehead atoms. The lowest BCUT2D eigenvalue weighted by Gasteiger charge is -2.26. The molecule has 0 aliphatic carbocycles. The van der Waals surface area contributed by atoms with Crippen molar-refractivity contribution in [3.63, 3.8) is 0 Å². The van der Waals surface area contributed by atoms with Crippen molar-refractivity contribution in [2.75, 3.05) is 11.9 Å². The van der Waals surface area contributed by atoms with Crippen LogP contribution in [0.15, 0.2) is 60.7 Å². The average Bonchev–Trinajstić information content (AvgIpc) is 3.46. The van der Waals surface area contributed by atoms with E-state index in [9.17, 15) is 14.0 Å². The number of halogens is 3. The van der Waals surface area contributed by atoms with Crippen LogP contribution in [0.1, 0.15) is 19.4 Å². The normalized spacial score (nSPS) is 11.1. The highest BCUT2D eigenvalue weighted by atomic mass is 35.5. The van der Waals surface area contributed by atoms with Crippen molar-refractivity contribution < 1.29 is 14.0 Å². The van der Waals surface area contributed by atoms with Crippen molar-refractivity contribution in [1.29, 1.82) is 0 Å². The van der Waals surface area contributed by atoms with E-state index in [4.69, 9.17) is 23.2 Å². The van der Waals surface area contributed by atoms with Crippen LogP contribution in [0.5, 0.6) is 0 Å². The molecule has 0 aliphatic heterocycles. The molecular formula is C26H23Cl2FN4O2S. The minimum absolute atomic E-state index is 0.0775. The van der Waals surface area contributed by atoms with Crippen LogP contribution in [0.25, 0.3) is 22.0 Å². The van der Waals surface area contributed by atoms with Gasteiger partial charge in [0.1, 0.15) is 6.54 Å². The van der Waals surface area contributed by atoms with Crippen molar-refractivity contribution in [1.82, 2.24) is 14.9 Å². The average molecular weight is 545 g/mol. The quantitative estimate of drug-likeness (QED) is 0.260. The largest absolute Gasteiger partial charge is 0.335 e. The maximum atomic E-state index is 13.6. The number of nitrogens with zero attached hydrogens (tertiary/aromatic N) is 2. The van der Waals surface area contributed by atoms with Crippen molar-refractivity contribution in [3.05, 3.63) is 81.4 Å². The third-order valence-corrected chi connectivity index (χ3v) is 7.05. The summed E-state index contributed by atoms with van der Waals surface area (Å²) in [4.78, 5) is 35.9. The van der Waals surface area contributed by atoms with Gasteiger partial charge in [-0.3, -0.25) is 9.59 Å². The summed E-state index contributed by atoms with van der Waals surface area (Å²) in [6, 6.07) is 17.2. The summed E-state index contributed by atoms with van der Waals surface area (Å²) in [5.74, 6) is 0.113. The van der Waals surface area contributed by atoms with Gasteiger partial charge in [0.2, 0.25) is 11.8 Å². The SMILES string of the molecule is CC(C)N(CC(=O)Nc1nc(-c2ccc(F)s2)[nH]c1-c1ccccc1)C(=O)Cc1ccc(Cl)c(Cl)c1. The number of rotatable bonds is 8. The van der Waals surface area contributed by atoms with Gasteiger partial charge in [0.15, 0.2) is 16.8 Å². The molecule has 0 radical (unpaired) electrons. The maximum Gasteiger partial charge on any atom is 0.245 e. The van der Waals surface area contributed by atoms with E-state index in [1.165, 1.54) is 11.0 Å². The lowest BCUT2D eigenvalue weighted by molar-refractivity contribution is -0.135. The molecule has 0 spiro atoms. The number of aromatic amines is 1. The Kier molecular flexibility index (Phi) is 8.08. The van der Waals surface area contributed by atoms with Crippen LogP contribution in [0, 0.1) is 5.13 Å². The molecule has 0 atom stereocenters. The van der Waals surface area contributed by atoms with E-state index in [0.29, 0.717) is 37.8 Å². The van der Waals surface area contributed by atoms with Crippen molar-refractivity contribution >= 4 is 52.2 Å². The lowest BCUT2D eigenvalue weighted by atomic mass is 10.1. The Labute approximate surface area is 222 Å². The van der Waals surface area contributed by atoms with Gasteiger partial charge in [-0.15, -0.1) is 11.3 Å². The zero-order chi connectivity index (χ0) is 25.8. The molecule has 2 N–H and O–H groups in total. The number of hydrogen-bond donors (Lipinski definition) is 2. The number of benzene rings is 2. The third kappa shape index (κ3) is 6.13. The van der Waals surface area contributed by atoms with E-state index in [1.54, 1.807) is 24.3 Å². The van der Waals surface area contributed by atoms with Gasteiger partial charge in [-0.25, -0.2) is 4.98 Å². The predicted molar refractivity (Wildman–Crippen MR) is 143 cm³/mol. The highest BCUT2D eigenvalue weighted by molar-refractivity contribution is 7.13. The van der Waals surface area contributed by atoms with Gasteiger partial charge < -0.3 is 15.2 Å².